The number of hydrogen-bond acceptors (Lipinski definition) is 6. The first-order chi connectivity index (χ1) is 9.61. The van der Waals surface area contributed by atoms with Crippen LogP contribution in [0.5, 0.6) is 0 Å². The molecule has 6 nitrogen and oxygen atoms in total. The molecule has 1 heterocycles. The molecule has 1 rings (SSSR count). The van der Waals surface area contributed by atoms with Crippen LogP contribution in [0.4, 0.5) is 0 Å². The first kappa shape index (κ1) is 17.8. The topological polar surface area (TPSA) is 99.4 Å². The molecule has 0 radical (unpaired) electrons. The zero-order valence-electron chi connectivity index (χ0n) is 12.1. The molecule has 1 saturated heterocycles. The average Bonchev–Trinajstić information content (AvgIpc) is 2.45. The summed E-state index contributed by atoms with van der Waals surface area (Å²) in [6.45, 7) is 2.24. The van der Waals surface area contributed by atoms with Crippen molar-refractivity contribution in [2.45, 2.75) is 76.2 Å². The van der Waals surface area contributed by atoms with E-state index >= 15 is 0 Å². The molecule has 20 heavy (non-hydrogen) atoms. The van der Waals surface area contributed by atoms with Crippen LogP contribution < -0.4 is 0 Å². The molecule has 0 bridgehead atoms. The lowest BCUT2D eigenvalue weighted by Crippen LogP contribution is -2.59. The summed E-state index contributed by atoms with van der Waals surface area (Å²) in [4.78, 5) is 0. The molecule has 0 aromatic heterocycles. The van der Waals surface area contributed by atoms with E-state index in [2.05, 4.69) is 6.92 Å². The van der Waals surface area contributed by atoms with Gasteiger partial charge in [-0.15, -0.1) is 0 Å². The molecule has 1 aliphatic rings. The molecule has 0 aromatic carbocycles. The summed E-state index contributed by atoms with van der Waals surface area (Å²) in [7, 11) is 0. The van der Waals surface area contributed by atoms with Gasteiger partial charge < -0.3 is 29.9 Å². The molecule has 1 aliphatic heterocycles. The summed E-state index contributed by atoms with van der Waals surface area (Å²) in [5.74, 6) is 0. The SMILES string of the molecule is CCCCCCCCO[C@H]1[C@H](O)[C@@H](O)[C@@H](O)O[C@@H]1CO. The Hall–Kier alpha value is -0.240. The second kappa shape index (κ2) is 9.65. The lowest BCUT2D eigenvalue weighted by molar-refractivity contribution is -0.294. The molecule has 0 aromatic rings. The summed E-state index contributed by atoms with van der Waals surface area (Å²) in [6, 6.07) is 0. The maximum absolute atomic E-state index is 9.86. The largest absolute Gasteiger partial charge is 0.394 e. The highest BCUT2D eigenvalue weighted by Gasteiger charge is 2.44. The molecular weight excluding hydrogens is 264 g/mol. The molecule has 0 saturated carbocycles. The average molecular weight is 292 g/mol. The standard InChI is InChI=1S/C14H28O6/c1-2-3-4-5-6-7-8-19-13-10(9-15)20-14(18)12(17)11(13)16/h10-18H,2-9H2,1H3/t10-,11-,12-,13-,14+/m1/s1. The monoisotopic (exact) mass is 292 g/mol. The zero-order chi connectivity index (χ0) is 15.0. The van der Waals surface area contributed by atoms with Gasteiger partial charge in [0.05, 0.1) is 6.61 Å². The number of unbranched alkanes of at least 4 members (excludes halogenated alkanes) is 5. The van der Waals surface area contributed by atoms with Gasteiger partial charge in [-0.1, -0.05) is 39.0 Å². The van der Waals surface area contributed by atoms with E-state index in [0.717, 1.165) is 19.3 Å². The number of aliphatic hydroxyl groups is 4. The fourth-order valence-electron chi connectivity index (χ4n) is 2.37. The van der Waals surface area contributed by atoms with Gasteiger partial charge in [-0.25, -0.2) is 0 Å². The maximum atomic E-state index is 9.86. The molecule has 0 amide bonds. The van der Waals surface area contributed by atoms with E-state index in [4.69, 9.17) is 9.47 Å². The number of hydrogen-bond donors (Lipinski definition) is 4. The van der Waals surface area contributed by atoms with E-state index in [9.17, 15) is 20.4 Å². The molecule has 6 heteroatoms. The second-order valence-electron chi connectivity index (χ2n) is 5.33. The van der Waals surface area contributed by atoms with Gasteiger partial charge in [0.2, 0.25) is 0 Å². The fourth-order valence-corrected chi connectivity index (χ4v) is 2.37. The Labute approximate surface area is 120 Å². The highest BCUT2D eigenvalue weighted by atomic mass is 16.6. The highest BCUT2D eigenvalue weighted by molar-refractivity contribution is 4.89. The Balaban J connectivity index is 2.25. The van der Waals surface area contributed by atoms with Crippen LogP contribution in [0.1, 0.15) is 45.4 Å². The number of aliphatic hydroxyl groups excluding tert-OH is 4. The van der Waals surface area contributed by atoms with E-state index in [-0.39, 0.29) is 6.61 Å². The molecule has 5 atom stereocenters. The molecule has 1 fully saturated rings. The minimum Gasteiger partial charge on any atom is -0.394 e. The second-order valence-corrected chi connectivity index (χ2v) is 5.33. The van der Waals surface area contributed by atoms with Crippen molar-refractivity contribution in [2.75, 3.05) is 13.2 Å². The quantitative estimate of drug-likeness (QED) is 0.452. The Morgan fingerprint density at radius 1 is 0.950 bits per heavy atom. The number of rotatable bonds is 9. The summed E-state index contributed by atoms with van der Waals surface area (Å²) in [5, 5.41) is 37.9. The van der Waals surface area contributed by atoms with Gasteiger partial charge in [0, 0.05) is 6.61 Å². The van der Waals surface area contributed by atoms with Crippen molar-refractivity contribution in [1.29, 1.82) is 0 Å². The van der Waals surface area contributed by atoms with Crippen LogP contribution in [0, 0.1) is 0 Å². The molecular formula is C14H28O6. The van der Waals surface area contributed by atoms with Crippen LogP contribution in [-0.4, -0.2) is 64.3 Å². The van der Waals surface area contributed by atoms with Gasteiger partial charge in [0.25, 0.3) is 0 Å². The van der Waals surface area contributed by atoms with Crippen molar-refractivity contribution in [2.24, 2.45) is 0 Å². The highest BCUT2D eigenvalue weighted by Crippen LogP contribution is 2.22. The predicted octanol–water partition coefficient (Wildman–Crippen LogP) is 0.163. The van der Waals surface area contributed by atoms with Crippen LogP contribution in [0.3, 0.4) is 0 Å². The summed E-state index contributed by atoms with van der Waals surface area (Å²) in [5.41, 5.74) is 0. The smallest absolute Gasteiger partial charge is 0.184 e. The number of ether oxygens (including phenoxy) is 2. The van der Waals surface area contributed by atoms with Crippen molar-refractivity contribution in [3.05, 3.63) is 0 Å². The van der Waals surface area contributed by atoms with Crippen molar-refractivity contribution >= 4 is 0 Å². The third-order valence-electron chi connectivity index (χ3n) is 3.65. The fraction of sp³-hybridized carbons (Fsp3) is 1.00. The van der Waals surface area contributed by atoms with E-state index in [0.29, 0.717) is 6.61 Å². The Bertz CT molecular complexity index is 248. The minimum absolute atomic E-state index is 0.373. The van der Waals surface area contributed by atoms with Gasteiger partial charge in [-0.2, -0.15) is 0 Å². The van der Waals surface area contributed by atoms with Gasteiger partial charge in [0.15, 0.2) is 6.29 Å². The van der Waals surface area contributed by atoms with E-state index in [1.165, 1.54) is 19.3 Å². The van der Waals surface area contributed by atoms with Crippen LogP contribution in [0.25, 0.3) is 0 Å². The van der Waals surface area contributed by atoms with Gasteiger partial charge in [-0.05, 0) is 6.42 Å². The van der Waals surface area contributed by atoms with Gasteiger partial charge >= 0.3 is 0 Å². The molecule has 0 aliphatic carbocycles. The predicted molar refractivity (Wildman–Crippen MR) is 73.1 cm³/mol. The van der Waals surface area contributed by atoms with E-state index in [1.807, 2.05) is 0 Å². The normalized spacial score (nSPS) is 34.4. The Morgan fingerprint density at radius 2 is 1.60 bits per heavy atom. The summed E-state index contributed by atoms with van der Waals surface area (Å²) in [6.07, 6.45) is 0.966. The minimum atomic E-state index is -1.49. The zero-order valence-corrected chi connectivity index (χ0v) is 12.1. The molecule has 4 N–H and O–H groups in total. The Kier molecular flexibility index (Phi) is 8.60. The van der Waals surface area contributed by atoms with Gasteiger partial charge in [-0.3, -0.25) is 0 Å². The van der Waals surface area contributed by atoms with Crippen molar-refractivity contribution in [1.82, 2.24) is 0 Å². The van der Waals surface area contributed by atoms with Crippen LogP contribution >= 0.6 is 0 Å². The third kappa shape index (κ3) is 5.27. The molecule has 120 valence electrons. The van der Waals surface area contributed by atoms with Crippen LogP contribution in [-0.2, 0) is 9.47 Å². The molecule has 0 spiro atoms. The van der Waals surface area contributed by atoms with Crippen molar-refractivity contribution < 1.29 is 29.9 Å². The summed E-state index contributed by atoms with van der Waals surface area (Å²) < 4.78 is 10.5. The first-order valence-electron chi connectivity index (χ1n) is 7.54. The van der Waals surface area contributed by atoms with E-state index in [1.54, 1.807) is 0 Å². The van der Waals surface area contributed by atoms with Crippen molar-refractivity contribution in [3.63, 3.8) is 0 Å². The summed E-state index contributed by atoms with van der Waals surface area (Å²) >= 11 is 0. The Morgan fingerprint density at radius 3 is 2.25 bits per heavy atom. The lowest BCUT2D eigenvalue weighted by Gasteiger charge is -2.40. The van der Waals surface area contributed by atoms with Crippen molar-refractivity contribution in [3.8, 4) is 0 Å². The van der Waals surface area contributed by atoms with Gasteiger partial charge in [0.1, 0.15) is 24.4 Å². The van der Waals surface area contributed by atoms with Crippen LogP contribution in [0.2, 0.25) is 0 Å². The first-order valence-corrected chi connectivity index (χ1v) is 7.54. The molecule has 0 unspecified atom stereocenters. The third-order valence-corrected chi connectivity index (χ3v) is 3.65. The van der Waals surface area contributed by atoms with Crippen LogP contribution in [0.15, 0.2) is 0 Å². The maximum Gasteiger partial charge on any atom is 0.184 e. The van der Waals surface area contributed by atoms with E-state index < -0.39 is 30.7 Å². The lowest BCUT2D eigenvalue weighted by atomic mass is 9.99.